The minimum Gasteiger partial charge on any atom is -0.344 e. The number of nitro benzene ring substituents is 1. The Labute approximate surface area is 117 Å². The Balaban J connectivity index is 1.94. The van der Waals surface area contributed by atoms with E-state index >= 15 is 0 Å². The zero-order valence-electron chi connectivity index (χ0n) is 11.7. The molecule has 1 aromatic carbocycles. The molecule has 20 heavy (non-hydrogen) atoms. The number of nitrogens with zero attached hydrogens (tertiary/aromatic N) is 3. The highest BCUT2D eigenvalue weighted by Gasteiger charge is 2.18. The first-order chi connectivity index (χ1) is 9.65. The molecule has 0 aliphatic carbocycles. The van der Waals surface area contributed by atoms with Crippen LogP contribution in [-0.2, 0) is 0 Å². The molecule has 0 bridgehead atoms. The summed E-state index contributed by atoms with van der Waals surface area (Å²) < 4.78 is 2.29. The number of fused-ring (bicyclic) bond motifs is 1. The fraction of sp³-hybridized carbons (Fsp3) is 0.467. The molecular formula is C15H19N3O2. The van der Waals surface area contributed by atoms with E-state index in [4.69, 9.17) is 0 Å². The standard InChI is InChI=1S/C15H19N3O2/c1-16-8-2-3-13(7-9-16)17-10-6-12-11-14(18(19)20)4-5-15(12)17/h4-6,10-11,13H,2-3,7-9H2,1H3. The zero-order chi connectivity index (χ0) is 14.1. The summed E-state index contributed by atoms with van der Waals surface area (Å²) in [5, 5.41) is 11.8. The molecule has 1 aliphatic rings. The number of hydrogen-bond acceptors (Lipinski definition) is 3. The van der Waals surface area contributed by atoms with Gasteiger partial charge >= 0.3 is 0 Å². The maximum atomic E-state index is 10.8. The zero-order valence-corrected chi connectivity index (χ0v) is 11.7. The summed E-state index contributed by atoms with van der Waals surface area (Å²) in [4.78, 5) is 12.9. The first kappa shape index (κ1) is 13.1. The van der Waals surface area contributed by atoms with Gasteiger partial charge < -0.3 is 9.47 Å². The van der Waals surface area contributed by atoms with E-state index in [-0.39, 0.29) is 10.6 Å². The summed E-state index contributed by atoms with van der Waals surface area (Å²) in [5.74, 6) is 0. The van der Waals surface area contributed by atoms with Gasteiger partial charge in [0.1, 0.15) is 0 Å². The van der Waals surface area contributed by atoms with Crippen molar-refractivity contribution in [3.05, 3.63) is 40.6 Å². The van der Waals surface area contributed by atoms with Crippen LogP contribution in [0.1, 0.15) is 25.3 Å². The lowest BCUT2D eigenvalue weighted by Gasteiger charge is -2.18. The highest BCUT2D eigenvalue weighted by atomic mass is 16.6. The quantitative estimate of drug-likeness (QED) is 0.623. The van der Waals surface area contributed by atoms with Crippen LogP contribution in [0.3, 0.4) is 0 Å². The molecule has 1 fully saturated rings. The van der Waals surface area contributed by atoms with Gasteiger partial charge in [-0.3, -0.25) is 10.1 Å². The van der Waals surface area contributed by atoms with E-state index in [1.165, 1.54) is 12.8 Å². The number of aromatic nitrogens is 1. The van der Waals surface area contributed by atoms with E-state index in [0.29, 0.717) is 6.04 Å². The van der Waals surface area contributed by atoms with E-state index in [0.717, 1.165) is 30.4 Å². The van der Waals surface area contributed by atoms with Crippen LogP contribution in [0.4, 0.5) is 5.69 Å². The number of rotatable bonds is 2. The van der Waals surface area contributed by atoms with Gasteiger partial charge in [0.15, 0.2) is 0 Å². The van der Waals surface area contributed by atoms with Crippen molar-refractivity contribution < 1.29 is 4.92 Å². The lowest BCUT2D eigenvalue weighted by molar-refractivity contribution is -0.384. The van der Waals surface area contributed by atoms with Gasteiger partial charge in [-0.2, -0.15) is 0 Å². The lowest BCUT2D eigenvalue weighted by Crippen LogP contribution is -2.19. The van der Waals surface area contributed by atoms with Gasteiger partial charge in [0.2, 0.25) is 0 Å². The molecule has 5 nitrogen and oxygen atoms in total. The predicted octanol–water partition coefficient (Wildman–Crippen LogP) is 3.21. The Morgan fingerprint density at radius 3 is 2.90 bits per heavy atom. The second kappa shape index (κ2) is 5.25. The highest BCUT2D eigenvalue weighted by Crippen LogP contribution is 2.29. The largest absolute Gasteiger partial charge is 0.344 e. The van der Waals surface area contributed by atoms with Gasteiger partial charge in [-0.1, -0.05) is 0 Å². The summed E-state index contributed by atoms with van der Waals surface area (Å²) in [5.41, 5.74) is 1.26. The minimum atomic E-state index is -0.336. The predicted molar refractivity (Wildman–Crippen MR) is 79.0 cm³/mol. The Morgan fingerprint density at radius 1 is 1.25 bits per heavy atom. The van der Waals surface area contributed by atoms with Crippen molar-refractivity contribution in [1.82, 2.24) is 9.47 Å². The molecule has 0 saturated carbocycles. The Hall–Kier alpha value is -1.88. The lowest BCUT2D eigenvalue weighted by atomic mass is 10.1. The molecule has 1 unspecified atom stereocenters. The number of non-ortho nitro benzene ring substituents is 1. The van der Waals surface area contributed by atoms with Gasteiger partial charge in [-0.15, -0.1) is 0 Å². The van der Waals surface area contributed by atoms with E-state index in [9.17, 15) is 10.1 Å². The number of likely N-dealkylation sites (tertiary alicyclic amines) is 1. The third-order valence-corrected chi connectivity index (χ3v) is 4.23. The van der Waals surface area contributed by atoms with Gasteiger partial charge in [-0.25, -0.2) is 0 Å². The van der Waals surface area contributed by atoms with Crippen LogP contribution >= 0.6 is 0 Å². The molecule has 0 N–H and O–H groups in total. The van der Waals surface area contributed by atoms with E-state index in [2.05, 4.69) is 22.7 Å². The average Bonchev–Trinajstić information content (AvgIpc) is 2.73. The average molecular weight is 273 g/mol. The molecule has 2 aromatic rings. The van der Waals surface area contributed by atoms with Crippen LogP contribution in [0.25, 0.3) is 10.9 Å². The Kier molecular flexibility index (Phi) is 3.44. The van der Waals surface area contributed by atoms with Crippen molar-refractivity contribution in [3.8, 4) is 0 Å². The fourth-order valence-corrected chi connectivity index (χ4v) is 3.08. The van der Waals surface area contributed by atoms with E-state index < -0.39 is 0 Å². The second-order valence-corrected chi connectivity index (χ2v) is 5.61. The highest BCUT2D eigenvalue weighted by molar-refractivity contribution is 5.82. The molecule has 1 atom stereocenters. The van der Waals surface area contributed by atoms with Crippen LogP contribution in [0, 0.1) is 10.1 Å². The fourth-order valence-electron chi connectivity index (χ4n) is 3.08. The van der Waals surface area contributed by atoms with E-state index in [1.54, 1.807) is 12.1 Å². The Bertz CT molecular complexity index is 635. The summed E-state index contributed by atoms with van der Waals surface area (Å²) in [6, 6.07) is 7.62. The van der Waals surface area contributed by atoms with Crippen molar-refractivity contribution in [2.24, 2.45) is 0 Å². The van der Waals surface area contributed by atoms with Crippen molar-refractivity contribution >= 4 is 16.6 Å². The maximum Gasteiger partial charge on any atom is 0.270 e. The minimum absolute atomic E-state index is 0.163. The monoisotopic (exact) mass is 273 g/mol. The summed E-state index contributed by atoms with van der Waals surface area (Å²) in [7, 11) is 2.17. The van der Waals surface area contributed by atoms with E-state index in [1.807, 2.05) is 12.1 Å². The molecule has 0 amide bonds. The third-order valence-electron chi connectivity index (χ3n) is 4.23. The van der Waals surface area contributed by atoms with Crippen LogP contribution in [0.5, 0.6) is 0 Å². The maximum absolute atomic E-state index is 10.8. The van der Waals surface area contributed by atoms with Crippen molar-refractivity contribution in [2.45, 2.75) is 25.3 Å². The molecular weight excluding hydrogens is 254 g/mol. The summed E-state index contributed by atoms with van der Waals surface area (Å²) in [6.45, 7) is 2.26. The van der Waals surface area contributed by atoms with Crippen molar-refractivity contribution in [2.75, 3.05) is 20.1 Å². The van der Waals surface area contributed by atoms with Gasteiger partial charge in [0.25, 0.3) is 5.69 Å². The molecule has 0 spiro atoms. The van der Waals surface area contributed by atoms with Gasteiger partial charge in [-0.05, 0) is 51.5 Å². The summed E-state index contributed by atoms with van der Waals surface area (Å²) in [6.07, 6.45) is 5.58. The molecule has 0 radical (unpaired) electrons. The molecule has 106 valence electrons. The second-order valence-electron chi connectivity index (χ2n) is 5.61. The molecule has 5 heteroatoms. The SMILES string of the molecule is CN1CCCC(n2ccc3cc([N+](=O)[O-])ccc32)CC1. The molecule has 1 aliphatic heterocycles. The smallest absolute Gasteiger partial charge is 0.270 e. The Morgan fingerprint density at radius 2 is 2.10 bits per heavy atom. The normalized spacial score (nSPS) is 20.9. The first-order valence-corrected chi connectivity index (χ1v) is 7.08. The topological polar surface area (TPSA) is 51.3 Å². The molecule has 1 aromatic heterocycles. The number of benzene rings is 1. The third kappa shape index (κ3) is 2.41. The first-order valence-electron chi connectivity index (χ1n) is 7.08. The van der Waals surface area contributed by atoms with Crippen LogP contribution in [-0.4, -0.2) is 34.5 Å². The molecule has 2 heterocycles. The van der Waals surface area contributed by atoms with Crippen LogP contribution in [0.15, 0.2) is 30.5 Å². The number of hydrogen-bond donors (Lipinski definition) is 0. The number of nitro groups is 1. The van der Waals surface area contributed by atoms with Crippen LogP contribution in [0.2, 0.25) is 0 Å². The van der Waals surface area contributed by atoms with Gasteiger partial charge in [0, 0.05) is 35.3 Å². The summed E-state index contributed by atoms with van der Waals surface area (Å²) >= 11 is 0. The van der Waals surface area contributed by atoms with Crippen molar-refractivity contribution in [1.29, 1.82) is 0 Å². The van der Waals surface area contributed by atoms with Gasteiger partial charge in [0.05, 0.1) is 4.92 Å². The van der Waals surface area contributed by atoms with Crippen LogP contribution < -0.4 is 0 Å². The van der Waals surface area contributed by atoms with Crippen molar-refractivity contribution in [3.63, 3.8) is 0 Å². The molecule has 3 rings (SSSR count). The molecule has 1 saturated heterocycles.